The van der Waals surface area contributed by atoms with Crippen LogP contribution in [0.15, 0.2) is 53.7 Å². The number of carbonyl (C=O) groups is 1. The van der Waals surface area contributed by atoms with Gasteiger partial charge in [-0.1, -0.05) is 11.8 Å². The van der Waals surface area contributed by atoms with Crippen LogP contribution in [0.2, 0.25) is 0 Å². The molecule has 0 fully saturated rings. The highest BCUT2D eigenvalue weighted by Gasteiger charge is 2.22. The predicted octanol–water partition coefficient (Wildman–Crippen LogP) is 2.95. The Balaban J connectivity index is 1.59. The lowest BCUT2D eigenvalue weighted by atomic mass is 10.2. The number of carbonyl (C=O) groups excluding carboxylic acids is 1. The third-order valence-electron chi connectivity index (χ3n) is 4.86. The summed E-state index contributed by atoms with van der Waals surface area (Å²) in [6, 6.07) is 13.5. The van der Waals surface area contributed by atoms with Crippen molar-refractivity contribution in [3.05, 3.63) is 59.9 Å². The van der Waals surface area contributed by atoms with E-state index in [9.17, 15) is 9.90 Å². The van der Waals surface area contributed by atoms with Crippen molar-refractivity contribution in [3.8, 4) is 17.2 Å². The van der Waals surface area contributed by atoms with Gasteiger partial charge < -0.3 is 29.2 Å². The van der Waals surface area contributed by atoms with E-state index >= 15 is 0 Å². The molecule has 0 aliphatic rings. The largest absolute Gasteiger partial charge is 0.497 e. The Hall–Kier alpha value is -3.24. The van der Waals surface area contributed by atoms with Gasteiger partial charge in [-0.2, -0.15) is 0 Å². The fraction of sp³-hybridized carbons (Fsp3) is 0.348. The van der Waals surface area contributed by atoms with Crippen LogP contribution in [-0.4, -0.2) is 59.0 Å². The summed E-state index contributed by atoms with van der Waals surface area (Å²) in [6.45, 7) is 2.75. The second-order valence-corrected chi connectivity index (χ2v) is 7.96. The van der Waals surface area contributed by atoms with Gasteiger partial charge in [0.25, 0.3) is 5.91 Å². The van der Waals surface area contributed by atoms with E-state index in [-0.39, 0.29) is 12.5 Å². The van der Waals surface area contributed by atoms with Gasteiger partial charge >= 0.3 is 0 Å². The molecular formula is C23H28N4O5S. The normalized spacial score (nSPS) is 11.6. The zero-order valence-electron chi connectivity index (χ0n) is 18.9. The molecule has 0 radical (unpaired) electrons. The highest BCUT2D eigenvalue weighted by atomic mass is 32.2. The molecule has 3 aromatic rings. The highest BCUT2D eigenvalue weighted by molar-refractivity contribution is 7.99. The summed E-state index contributed by atoms with van der Waals surface area (Å²) < 4.78 is 17.9. The molecular weight excluding hydrogens is 444 g/mol. The van der Waals surface area contributed by atoms with Crippen LogP contribution in [0.3, 0.4) is 0 Å². The zero-order chi connectivity index (χ0) is 23.6. The molecule has 0 bridgehead atoms. The predicted molar refractivity (Wildman–Crippen MR) is 125 cm³/mol. The number of hydrogen-bond donors (Lipinski definition) is 2. The van der Waals surface area contributed by atoms with Crippen molar-refractivity contribution in [2.45, 2.75) is 24.7 Å². The minimum absolute atomic E-state index is 0.300. The zero-order valence-corrected chi connectivity index (χ0v) is 19.7. The van der Waals surface area contributed by atoms with E-state index in [1.165, 1.54) is 11.8 Å². The summed E-state index contributed by atoms with van der Waals surface area (Å²) in [5, 5.41) is 21.9. The molecule has 0 unspecified atom stereocenters. The van der Waals surface area contributed by atoms with Crippen LogP contribution in [0.25, 0.3) is 0 Å². The van der Waals surface area contributed by atoms with E-state index in [4.69, 9.17) is 14.2 Å². The van der Waals surface area contributed by atoms with Gasteiger partial charge in [0.15, 0.2) is 11.0 Å². The van der Waals surface area contributed by atoms with Crippen LogP contribution in [0.1, 0.15) is 29.1 Å². The highest BCUT2D eigenvalue weighted by Crippen LogP contribution is 2.22. The number of aliphatic hydroxyl groups excluding tert-OH is 1. The molecule has 0 aliphatic carbocycles. The fourth-order valence-corrected chi connectivity index (χ4v) is 3.93. The van der Waals surface area contributed by atoms with Crippen LogP contribution >= 0.6 is 11.8 Å². The number of ether oxygens (including phenoxy) is 3. The van der Waals surface area contributed by atoms with Gasteiger partial charge in [0.05, 0.1) is 27.4 Å². The van der Waals surface area contributed by atoms with Crippen LogP contribution in [0.4, 0.5) is 0 Å². The first kappa shape index (κ1) is 24.4. The molecule has 0 aliphatic heterocycles. The quantitative estimate of drug-likeness (QED) is 0.306. The molecule has 176 valence electrons. The maximum atomic E-state index is 12.6. The van der Waals surface area contributed by atoms with Crippen molar-refractivity contribution in [1.82, 2.24) is 20.1 Å². The molecule has 1 heterocycles. The Morgan fingerprint density at radius 2 is 1.64 bits per heavy atom. The van der Waals surface area contributed by atoms with E-state index in [0.29, 0.717) is 41.2 Å². The molecule has 9 nitrogen and oxygen atoms in total. The van der Waals surface area contributed by atoms with Crippen LogP contribution in [0, 0.1) is 0 Å². The van der Waals surface area contributed by atoms with E-state index in [0.717, 1.165) is 11.5 Å². The van der Waals surface area contributed by atoms with Gasteiger partial charge in [0.2, 0.25) is 0 Å². The number of hydrogen-bond acceptors (Lipinski definition) is 8. The van der Waals surface area contributed by atoms with E-state index in [1.54, 1.807) is 38.5 Å². The summed E-state index contributed by atoms with van der Waals surface area (Å²) in [5.74, 6) is 3.04. The Morgan fingerprint density at radius 3 is 2.21 bits per heavy atom. The Morgan fingerprint density at radius 1 is 1.03 bits per heavy atom. The third-order valence-corrected chi connectivity index (χ3v) is 5.79. The number of thioether (sulfide) groups is 1. The summed E-state index contributed by atoms with van der Waals surface area (Å²) in [5.41, 5.74) is 0.460. The first-order valence-electron chi connectivity index (χ1n) is 10.5. The van der Waals surface area contributed by atoms with Gasteiger partial charge in [-0.3, -0.25) is 4.79 Å². The van der Waals surface area contributed by atoms with Crippen LogP contribution < -0.4 is 19.5 Å². The molecule has 1 aromatic heterocycles. The second-order valence-electron chi connectivity index (χ2n) is 6.89. The maximum absolute atomic E-state index is 12.6. The lowest BCUT2D eigenvalue weighted by Crippen LogP contribution is -2.32. The average molecular weight is 473 g/mol. The van der Waals surface area contributed by atoms with Crippen molar-refractivity contribution < 1.29 is 24.1 Å². The number of benzene rings is 2. The monoisotopic (exact) mass is 472 g/mol. The van der Waals surface area contributed by atoms with E-state index in [1.807, 2.05) is 35.8 Å². The number of methoxy groups -OCH3 is 2. The van der Waals surface area contributed by atoms with Crippen molar-refractivity contribution in [3.63, 3.8) is 0 Å². The van der Waals surface area contributed by atoms with E-state index < -0.39 is 6.04 Å². The van der Waals surface area contributed by atoms with Crippen molar-refractivity contribution in [1.29, 1.82) is 0 Å². The van der Waals surface area contributed by atoms with Gasteiger partial charge in [0, 0.05) is 17.9 Å². The first-order valence-corrected chi connectivity index (χ1v) is 11.5. The Labute approximate surface area is 197 Å². The molecule has 1 atom stereocenters. The number of nitrogens with one attached hydrogen (secondary N) is 1. The van der Waals surface area contributed by atoms with Gasteiger partial charge in [0.1, 0.15) is 23.3 Å². The standard InChI is InChI=1S/C23H28N4O5S/c1-4-27-21(20(15-28)24-22(29)16-5-7-17(30-2)8-6-16)25-26-23(27)33-14-13-32-19-11-9-18(31-3)10-12-19/h5-12,20,28H,4,13-15H2,1-3H3,(H,24,29)/t20-/m1/s1. The fourth-order valence-electron chi connectivity index (χ4n) is 3.10. The minimum Gasteiger partial charge on any atom is -0.497 e. The first-order chi connectivity index (χ1) is 16.1. The molecule has 1 amide bonds. The number of rotatable bonds is 12. The third kappa shape index (κ3) is 6.39. The lowest BCUT2D eigenvalue weighted by Gasteiger charge is -2.17. The Kier molecular flexibility index (Phi) is 8.96. The van der Waals surface area contributed by atoms with Crippen LogP contribution in [0.5, 0.6) is 17.2 Å². The van der Waals surface area contributed by atoms with Crippen LogP contribution in [-0.2, 0) is 6.54 Å². The van der Waals surface area contributed by atoms with Gasteiger partial charge in [-0.05, 0) is 55.5 Å². The van der Waals surface area contributed by atoms with E-state index in [2.05, 4.69) is 15.5 Å². The summed E-state index contributed by atoms with van der Waals surface area (Å²) in [7, 11) is 3.19. The van der Waals surface area contributed by atoms with Crippen molar-refractivity contribution in [2.75, 3.05) is 33.2 Å². The SMILES string of the molecule is CCn1c(SCCOc2ccc(OC)cc2)nnc1[C@@H](CO)NC(=O)c1ccc(OC)cc1. The average Bonchev–Trinajstić information content (AvgIpc) is 3.28. The topological polar surface area (TPSA) is 108 Å². The summed E-state index contributed by atoms with van der Waals surface area (Å²) in [6.07, 6.45) is 0. The Bertz CT molecular complexity index is 1020. The molecule has 2 N–H and O–H groups in total. The minimum atomic E-state index is -0.683. The summed E-state index contributed by atoms with van der Waals surface area (Å²) >= 11 is 1.50. The molecule has 3 rings (SSSR count). The molecule has 10 heteroatoms. The van der Waals surface area contributed by atoms with Gasteiger partial charge in [-0.25, -0.2) is 0 Å². The van der Waals surface area contributed by atoms with Crippen molar-refractivity contribution >= 4 is 17.7 Å². The van der Waals surface area contributed by atoms with Crippen molar-refractivity contribution in [2.24, 2.45) is 0 Å². The molecule has 0 saturated heterocycles. The number of aliphatic hydroxyl groups is 1. The smallest absolute Gasteiger partial charge is 0.251 e. The molecule has 0 spiro atoms. The summed E-state index contributed by atoms with van der Waals surface area (Å²) in [4.78, 5) is 12.6. The number of aromatic nitrogens is 3. The molecule has 2 aromatic carbocycles. The number of nitrogens with zero attached hydrogens (tertiary/aromatic N) is 3. The maximum Gasteiger partial charge on any atom is 0.251 e. The molecule has 0 saturated carbocycles. The second kappa shape index (κ2) is 12.1. The lowest BCUT2D eigenvalue weighted by molar-refractivity contribution is 0.0911. The molecule has 33 heavy (non-hydrogen) atoms. The van der Waals surface area contributed by atoms with Gasteiger partial charge in [-0.15, -0.1) is 10.2 Å². The number of amides is 1.